The number of hydrogen-bond donors (Lipinski definition) is 1. The van der Waals surface area contributed by atoms with Gasteiger partial charge in [0.15, 0.2) is 0 Å². The van der Waals surface area contributed by atoms with Crippen LogP contribution in [0.25, 0.3) is 0 Å². The minimum Gasteiger partial charge on any atom is -0.462 e. The number of allylic oxidation sites excluding steroid dienone is 4. The quantitative estimate of drug-likeness (QED) is 0.209. The lowest BCUT2D eigenvalue weighted by molar-refractivity contribution is -0.197. The summed E-state index contributed by atoms with van der Waals surface area (Å²) in [5.41, 5.74) is 3.45. The van der Waals surface area contributed by atoms with Crippen LogP contribution in [-0.2, 0) is 28.8 Å². The van der Waals surface area contributed by atoms with Crippen LogP contribution in [-0.4, -0.2) is 45.6 Å². The van der Waals surface area contributed by atoms with Crippen molar-refractivity contribution >= 4 is 23.8 Å². The van der Waals surface area contributed by atoms with E-state index in [-0.39, 0.29) is 31.8 Å². The summed E-state index contributed by atoms with van der Waals surface area (Å²) in [4.78, 5) is 52.6. The number of fused-ring (bicyclic) bond motifs is 1. The van der Waals surface area contributed by atoms with Crippen molar-refractivity contribution < 1.29 is 33.9 Å². The van der Waals surface area contributed by atoms with E-state index in [0.717, 1.165) is 36.8 Å². The molecule has 2 amide bonds. The SMILES string of the molecule is C=C1CC[C@@H](OC(=O)CCC(=O)ON2C(=O)CCC2=O)C/C1=C/C=C1\CCCC2(C)C1CC[C@@H]2C(C)CCCC(C)(C)O. The fourth-order valence-electron chi connectivity index (χ4n) is 8.01. The number of hydroxylamine groups is 2. The molecule has 3 aliphatic carbocycles. The van der Waals surface area contributed by atoms with Crippen LogP contribution in [0.2, 0.25) is 0 Å². The molecule has 0 bridgehead atoms. The number of hydrogen-bond acceptors (Lipinski definition) is 7. The van der Waals surface area contributed by atoms with Crippen molar-refractivity contribution in [2.45, 2.75) is 136 Å². The normalized spacial score (nSPS) is 30.6. The van der Waals surface area contributed by atoms with Gasteiger partial charge in [0, 0.05) is 19.3 Å². The monoisotopic (exact) mass is 597 g/mol. The zero-order valence-corrected chi connectivity index (χ0v) is 26.6. The first-order valence-electron chi connectivity index (χ1n) is 16.3. The molecule has 1 aliphatic heterocycles. The van der Waals surface area contributed by atoms with Gasteiger partial charge in [-0.1, -0.05) is 56.6 Å². The number of aliphatic hydroxyl groups is 1. The summed E-state index contributed by atoms with van der Waals surface area (Å²) < 4.78 is 5.69. The van der Waals surface area contributed by atoms with Crippen molar-refractivity contribution in [3.05, 3.63) is 35.5 Å². The number of imide groups is 1. The van der Waals surface area contributed by atoms with Crippen LogP contribution in [0.3, 0.4) is 0 Å². The molecule has 0 aromatic rings. The smallest absolute Gasteiger partial charge is 0.333 e. The van der Waals surface area contributed by atoms with Crippen LogP contribution < -0.4 is 0 Å². The van der Waals surface area contributed by atoms with Gasteiger partial charge in [-0.3, -0.25) is 14.4 Å². The molecule has 3 unspecified atom stereocenters. The molecule has 238 valence electrons. The predicted molar refractivity (Wildman–Crippen MR) is 163 cm³/mol. The number of carbonyl (C=O) groups is 4. The van der Waals surface area contributed by atoms with E-state index >= 15 is 0 Å². The van der Waals surface area contributed by atoms with E-state index in [1.807, 2.05) is 13.8 Å². The Morgan fingerprint density at radius 3 is 2.47 bits per heavy atom. The lowest BCUT2D eigenvalue weighted by Gasteiger charge is -2.44. The van der Waals surface area contributed by atoms with Gasteiger partial charge in [-0.15, -0.1) is 5.06 Å². The lowest BCUT2D eigenvalue weighted by atomic mass is 9.60. The molecular formula is C35H51NO7. The number of ether oxygens (including phenoxy) is 1. The van der Waals surface area contributed by atoms with E-state index in [9.17, 15) is 24.3 Å². The molecular weight excluding hydrogens is 546 g/mol. The molecule has 0 radical (unpaired) electrons. The maximum absolute atomic E-state index is 12.5. The first-order chi connectivity index (χ1) is 20.3. The fourth-order valence-corrected chi connectivity index (χ4v) is 8.01. The Balaban J connectivity index is 1.30. The van der Waals surface area contributed by atoms with Gasteiger partial charge >= 0.3 is 11.9 Å². The molecule has 0 aromatic carbocycles. The van der Waals surface area contributed by atoms with E-state index in [1.165, 1.54) is 37.7 Å². The maximum atomic E-state index is 12.5. The molecule has 4 rings (SSSR count). The lowest BCUT2D eigenvalue weighted by Crippen LogP contribution is -2.36. The molecule has 0 spiro atoms. The Morgan fingerprint density at radius 2 is 1.77 bits per heavy atom. The Hall–Kier alpha value is -2.74. The molecule has 8 heteroatoms. The summed E-state index contributed by atoms with van der Waals surface area (Å²) in [6.07, 6.45) is 15.1. The van der Waals surface area contributed by atoms with E-state index in [0.29, 0.717) is 41.1 Å². The Kier molecular flexibility index (Phi) is 10.7. The largest absolute Gasteiger partial charge is 0.462 e. The molecule has 3 saturated carbocycles. The van der Waals surface area contributed by atoms with Crippen molar-refractivity contribution in [2.24, 2.45) is 23.2 Å². The summed E-state index contributed by atoms with van der Waals surface area (Å²) >= 11 is 0. The third-order valence-electron chi connectivity index (χ3n) is 10.4. The number of nitrogens with zero attached hydrogens (tertiary/aromatic N) is 1. The van der Waals surface area contributed by atoms with Gasteiger partial charge in [-0.2, -0.15) is 0 Å². The van der Waals surface area contributed by atoms with Crippen molar-refractivity contribution in [3.63, 3.8) is 0 Å². The fraction of sp³-hybridized carbons (Fsp3) is 0.714. The summed E-state index contributed by atoms with van der Waals surface area (Å²) in [6.45, 7) is 13.0. The molecule has 1 heterocycles. The Morgan fingerprint density at radius 1 is 1.07 bits per heavy atom. The Bertz CT molecular complexity index is 1150. The van der Waals surface area contributed by atoms with E-state index < -0.39 is 29.4 Å². The molecule has 5 atom stereocenters. The first kappa shape index (κ1) is 33.2. The third kappa shape index (κ3) is 8.46. The minimum absolute atomic E-state index is 0.0260. The summed E-state index contributed by atoms with van der Waals surface area (Å²) in [7, 11) is 0. The average molecular weight is 598 g/mol. The molecule has 8 nitrogen and oxygen atoms in total. The van der Waals surface area contributed by atoms with Crippen molar-refractivity contribution in [3.8, 4) is 0 Å². The van der Waals surface area contributed by atoms with Gasteiger partial charge in [-0.05, 0) is 94.0 Å². The second kappa shape index (κ2) is 13.9. The minimum atomic E-state index is -0.804. The number of rotatable bonds is 11. The highest BCUT2D eigenvalue weighted by Crippen LogP contribution is 2.60. The molecule has 4 aliphatic rings. The number of esters is 1. The van der Waals surface area contributed by atoms with Crippen molar-refractivity contribution in [1.29, 1.82) is 0 Å². The zero-order chi connectivity index (χ0) is 31.4. The van der Waals surface area contributed by atoms with E-state index in [2.05, 4.69) is 32.6 Å². The van der Waals surface area contributed by atoms with Crippen molar-refractivity contribution in [1.82, 2.24) is 5.06 Å². The highest BCUT2D eigenvalue weighted by Gasteiger charge is 2.50. The summed E-state index contributed by atoms with van der Waals surface area (Å²) in [5.74, 6) is -0.443. The van der Waals surface area contributed by atoms with E-state index in [1.54, 1.807) is 0 Å². The maximum Gasteiger partial charge on any atom is 0.333 e. The number of carbonyl (C=O) groups excluding carboxylic acids is 4. The van der Waals surface area contributed by atoms with E-state index in [4.69, 9.17) is 9.57 Å². The second-order valence-electron chi connectivity index (χ2n) is 14.2. The molecule has 1 N–H and O–H groups in total. The van der Waals surface area contributed by atoms with Crippen LogP contribution in [0.1, 0.15) is 124 Å². The molecule has 1 saturated heterocycles. The molecule has 43 heavy (non-hydrogen) atoms. The van der Waals surface area contributed by atoms with Gasteiger partial charge in [-0.25, -0.2) is 4.79 Å². The standard InChI is InChI=1S/C35H51NO7/c1-23-10-13-27(42-32(39)18-19-33(40)43-36-30(37)16-17-31(36)38)22-26(23)12-11-25-9-7-21-35(5)28(14-15-29(25)35)24(2)8-6-20-34(3,4)41/h11-12,24,27-29,41H,1,6-10,13-22H2,2-5H3/b25-11+,26-12-/t24?,27-,28-,29?,35?/m1/s1. The second-order valence-corrected chi connectivity index (χ2v) is 14.2. The van der Waals surface area contributed by atoms with Crippen molar-refractivity contribution in [2.75, 3.05) is 0 Å². The van der Waals surface area contributed by atoms with Gasteiger partial charge < -0.3 is 14.7 Å². The predicted octanol–water partition coefficient (Wildman–Crippen LogP) is 6.67. The average Bonchev–Trinajstić information content (AvgIpc) is 3.45. The van der Waals surface area contributed by atoms with Gasteiger partial charge in [0.25, 0.3) is 11.8 Å². The van der Waals surface area contributed by atoms with Crippen LogP contribution in [0.15, 0.2) is 35.5 Å². The number of amides is 2. The van der Waals surface area contributed by atoms with Gasteiger partial charge in [0.2, 0.25) is 0 Å². The summed E-state index contributed by atoms with van der Waals surface area (Å²) in [5, 5.41) is 10.6. The highest BCUT2D eigenvalue weighted by molar-refractivity contribution is 6.01. The highest BCUT2D eigenvalue weighted by atomic mass is 16.7. The van der Waals surface area contributed by atoms with Crippen LogP contribution in [0, 0.1) is 23.2 Å². The topological polar surface area (TPSA) is 110 Å². The zero-order valence-electron chi connectivity index (χ0n) is 26.6. The Labute approximate surface area is 256 Å². The van der Waals surface area contributed by atoms with Crippen LogP contribution in [0.5, 0.6) is 0 Å². The third-order valence-corrected chi connectivity index (χ3v) is 10.4. The molecule has 0 aromatic heterocycles. The van der Waals surface area contributed by atoms with Gasteiger partial charge in [0.1, 0.15) is 6.10 Å². The molecule has 4 fully saturated rings. The van der Waals surface area contributed by atoms with Crippen LogP contribution in [0.4, 0.5) is 0 Å². The van der Waals surface area contributed by atoms with Crippen LogP contribution >= 0.6 is 0 Å². The first-order valence-corrected chi connectivity index (χ1v) is 16.3. The van der Waals surface area contributed by atoms with Gasteiger partial charge in [0.05, 0.1) is 18.4 Å². The summed E-state index contributed by atoms with van der Waals surface area (Å²) in [6, 6.07) is 0.